The molecule has 0 atom stereocenters. The molecule has 1 amide bonds. The monoisotopic (exact) mass is 387 g/mol. The first-order valence-electron chi connectivity index (χ1n) is 10.0. The third-order valence-electron chi connectivity index (χ3n) is 5.03. The Kier molecular flexibility index (Phi) is 5.70. The van der Waals surface area contributed by atoms with Gasteiger partial charge in [-0.3, -0.25) is 4.79 Å². The molecule has 0 radical (unpaired) electrons. The van der Waals surface area contributed by atoms with Crippen LogP contribution in [0.5, 0.6) is 0 Å². The average molecular weight is 387 g/mol. The Morgan fingerprint density at radius 1 is 0.862 bits per heavy atom. The van der Waals surface area contributed by atoms with Gasteiger partial charge in [0, 0.05) is 34.7 Å². The van der Waals surface area contributed by atoms with Crippen molar-refractivity contribution in [3.8, 4) is 0 Å². The molecule has 1 aliphatic carbocycles. The van der Waals surface area contributed by atoms with Crippen LogP contribution in [0.3, 0.4) is 0 Å². The summed E-state index contributed by atoms with van der Waals surface area (Å²) in [5.41, 5.74) is 3.50. The molecule has 0 saturated heterocycles. The molecule has 148 valence electrons. The Balaban J connectivity index is 1.41. The maximum Gasteiger partial charge on any atom is 0.229 e. The number of aromatic nitrogens is 2. The lowest BCUT2D eigenvalue weighted by atomic mass is 10.1. The van der Waals surface area contributed by atoms with Gasteiger partial charge in [-0.25, -0.2) is 4.98 Å². The first-order chi connectivity index (χ1) is 14.2. The van der Waals surface area contributed by atoms with E-state index in [0.717, 1.165) is 54.3 Å². The second-order valence-corrected chi connectivity index (χ2v) is 7.38. The first kappa shape index (κ1) is 18.9. The fraction of sp³-hybridized carbons (Fsp3) is 0.261. The number of nitrogens with one attached hydrogen (secondary N) is 3. The quantitative estimate of drug-likeness (QED) is 0.528. The van der Waals surface area contributed by atoms with Crippen LogP contribution in [0.25, 0.3) is 0 Å². The van der Waals surface area contributed by atoms with Gasteiger partial charge in [-0.2, -0.15) is 4.98 Å². The van der Waals surface area contributed by atoms with Gasteiger partial charge >= 0.3 is 0 Å². The maximum atomic E-state index is 12.3. The molecule has 1 heterocycles. The van der Waals surface area contributed by atoms with Crippen LogP contribution in [0, 0.1) is 12.8 Å². The van der Waals surface area contributed by atoms with Crippen LogP contribution >= 0.6 is 0 Å². The van der Waals surface area contributed by atoms with E-state index in [4.69, 9.17) is 0 Å². The first-order valence-corrected chi connectivity index (χ1v) is 10.0. The van der Waals surface area contributed by atoms with Crippen molar-refractivity contribution < 1.29 is 4.79 Å². The number of carbonyl (C=O) groups is 1. The SMILES string of the molecule is Cc1cc(Nc2ccccc2)nc(Nc2ccc(NC(=O)C3CCCC3)cc2)n1. The van der Waals surface area contributed by atoms with Crippen LogP contribution in [0.1, 0.15) is 31.4 Å². The van der Waals surface area contributed by atoms with Crippen LogP contribution in [-0.4, -0.2) is 15.9 Å². The smallest absolute Gasteiger partial charge is 0.229 e. The van der Waals surface area contributed by atoms with Gasteiger partial charge in [0.1, 0.15) is 5.82 Å². The van der Waals surface area contributed by atoms with E-state index < -0.39 is 0 Å². The zero-order valence-electron chi connectivity index (χ0n) is 16.5. The normalized spacial score (nSPS) is 13.8. The van der Waals surface area contributed by atoms with Crippen molar-refractivity contribution in [3.63, 3.8) is 0 Å². The van der Waals surface area contributed by atoms with Crippen molar-refractivity contribution in [2.75, 3.05) is 16.0 Å². The molecule has 3 N–H and O–H groups in total. The highest BCUT2D eigenvalue weighted by atomic mass is 16.1. The highest BCUT2D eigenvalue weighted by Gasteiger charge is 2.22. The lowest BCUT2D eigenvalue weighted by Gasteiger charge is -2.12. The topological polar surface area (TPSA) is 78.9 Å². The summed E-state index contributed by atoms with van der Waals surface area (Å²) in [6.45, 7) is 1.94. The van der Waals surface area contributed by atoms with Crippen LogP contribution in [0.2, 0.25) is 0 Å². The number of hydrogen-bond donors (Lipinski definition) is 3. The van der Waals surface area contributed by atoms with E-state index >= 15 is 0 Å². The highest BCUT2D eigenvalue weighted by molar-refractivity contribution is 5.92. The number of nitrogens with zero attached hydrogens (tertiary/aromatic N) is 2. The zero-order valence-corrected chi connectivity index (χ0v) is 16.5. The van der Waals surface area contributed by atoms with Gasteiger partial charge in [-0.15, -0.1) is 0 Å². The van der Waals surface area contributed by atoms with Gasteiger partial charge < -0.3 is 16.0 Å². The summed E-state index contributed by atoms with van der Waals surface area (Å²) in [5, 5.41) is 9.53. The van der Waals surface area contributed by atoms with Crippen LogP contribution in [0.4, 0.5) is 28.8 Å². The van der Waals surface area contributed by atoms with Crippen molar-refractivity contribution in [1.29, 1.82) is 0 Å². The van der Waals surface area contributed by atoms with Crippen LogP contribution < -0.4 is 16.0 Å². The standard InChI is InChI=1S/C23H25N5O/c1-16-15-21(25-18-9-3-2-4-10-18)28-23(24-16)27-20-13-11-19(12-14-20)26-22(29)17-7-5-6-8-17/h2-4,9-15,17H,5-8H2,1H3,(H,26,29)(H2,24,25,27,28). The minimum atomic E-state index is 0.127. The summed E-state index contributed by atoms with van der Waals surface area (Å²) < 4.78 is 0. The Morgan fingerprint density at radius 3 is 2.24 bits per heavy atom. The fourth-order valence-corrected chi connectivity index (χ4v) is 3.56. The zero-order chi connectivity index (χ0) is 20.1. The van der Waals surface area contributed by atoms with Crippen LogP contribution in [-0.2, 0) is 4.79 Å². The van der Waals surface area contributed by atoms with E-state index in [9.17, 15) is 4.79 Å². The number of hydrogen-bond acceptors (Lipinski definition) is 5. The molecule has 0 unspecified atom stereocenters. The minimum absolute atomic E-state index is 0.127. The minimum Gasteiger partial charge on any atom is -0.340 e. The molecule has 0 bridgehead atoms. The number of rotatable bonds is 6. The molecule has 3 aromatic rings. The molecule has 0 aliphatic heterocycles. The van der Waals surface area contributed by atoms with Crippen molar-refractivity contribution in [3.05, 3.63) is 66.4 Å². The largest absolute Gasteiger partial charge is 0.340 e. The van der Waals surface area contributed by atoms with Crippen molar-refractivity contribution in [1.82, 2.24) is 9.97 Å². The Bertz CT molecular complexity index is 966. The summed E-state index contributed by atoms with van der Waals surface area (Å²) in [5.74, 6) is 1.53. The number of anilines is 5. The molecule has 1 aliphatic rings. The van der Waals surface area contributed by atoms with E-state index in [-0.39, 0.29) is 11.8 Å². The van der Waals surface area contributed by atoms with E-state index in [1.165, 1.54) is 0 Å². The Morgan fingerprint density at radius 2 is 1.52 bits per heavy atom. The lowest BCUT2D eigenvalue weighted by Crippen LogP contribution is -2.20. The summed E-state index contributed by atoms with van der Waals surface area (Å²) >= 11 is 0. The molecule has 4 rings (SSSR count). The Labute approximate surface area is 170 Å². The van der Waals surface area contributed by atoms with Gasteiger partial charge in [0.2, 0.25) is 11.9 Å². The fourth-order valence-electron chi connectivity index (χ4n) is 3.56. The number of para-hydroxylation sites is 1. The molecular formula is C23H25N5O. The summed E-state index contributed by atoms with van der Waals surface area (Å²) in [7, 11) is 0. The van der Waals surface area contributed by atoms with Crippen molar-refractivity contribution in [2.45, 2.75) is 32.6 Å². The highest BCUT2D eigenvalue weighted by Crippen LogP contribution is 2.26. The molecule has 1 saturated carbocycles. The molecule has 1 fully saturated rings. The molecule has 2 aromatic carbocycles. The third kappa shape index (κ3) is 5.10. The van der Waals surface area contributed by atoms with Gasteiger partial charge in [0.15, 0.2) is 0 Å². The van der Waals surface area contributed by atoms with E-state index in [0.29, 0.717) is 5.95 Å². The number of benzene rings is 2. The second kappa shape index (κ2) is 8.73. The number of aryl methyl sites for hydroxylation is 1. The van der Waals surface area contributed by atoms with E-state index in [1.54, 1.807) is 0 Å². The predicted molar refractivity (Wildman–Crippen MR) is 117 cm³/mol. The van der Waals surface area contributed by atoms with Gasteiger partial charge in [0.25, 0.3) is 0 Å². The molecule has 29 heavy (non-hydrogen) atoms. The molecule has 1 aromatic heterocycles. The summed E-state index contributed by atoms with van der Waals surface area (Å²) in [6, 6.07) is 19.4. The lowest BCUT2D eigenvalue weighted by molar-refractivity contribution is -0.119. The maximum absolute atomic E-state index is 12.3. The molecule has 6 heteroatoms. The number of carbonyl (C=O) groups excluding carboxylic acids is 1. The van der Waals surface area contributed by atoms with Gasteiger partial charge in [-0.1, -0.05) is 31.0 Å². The number of amides is 1. The Hall–Kier alpha value is -3.41. The third-order valence-corrected chi connectivity index (χ3v) is 5.03. The second-order valence-electron chi connectivity index (χ2n) is 7.38. The summed E-state index contributed by atoms with van der Waals surface area (Å²) in [6.07, 6.45) is 4.29. The predicted octanol–water partition coefficient (Wildman–Crippen LogP) is 5.40. The van der Waals surface area contributed by atoms with E-state index in [1.807, 2.05) is 67.6 Å². The van der Waals surface area contributed by atoms with Gasteiger partial charge in [0.05, 0.1) is 0 Å². The molecular weight excluding hydrogens is 362 g/mol. The van der Waals surface area contributed by atoms with E-state index in [2.05, 4.69) is 25.9 Å². The van der Waals surface area contributed by atoms with Crippen molar-refractivity contribution in [2.24, 2.45) is 5.92 Å². The summed E-state index contributed by atoms with van der Waals surface area (Å²) in [4.78, 5) is 21.3. The van der Waals surface area contributed by atoms with Crippen LogP contribution in [0.15, 0.2) is 60.7 Å². The molecule has 0 spiro atoms. The molecule has 6 nitrogen and oxygen atoms in total. The average Bonchev–Trinajstić information content (AvgIpc) is 3.25. The van der Waals surface area contributed by atoms with Gasteiger partial charge in [-0.05, 0) is 56.2 Å². The van der Waals surface area contributed by atoms with Crippen molar-refractivity contribution >= 4 is 34.7 Å².